The van der Waals surface area contributed by atoms with Gasteiger partial charge in [-0.05, 0) is 70.1 Å². The highest BCUT2D eigenvalue weighted by Crippen LogP contribution is 2.34. The first-order valence-corrected chi connectivity index (χ1v) is 9.43. The lowest BCUT2D eigenvalue weighted by Crippen LogP contribution is -2.51. The molecule has 1 N–H and O–H groups in total. The van der Waals surface area contributed by atoms with Crippen LogP contribution in [-0.2, 0) is 0 Å². The highest BCUT2D eigenvalue weighted by atomic mass is 15.3. The van der Waals surface area contributed by atoms with Crippen molar-refractivity contribution < 1.29 is 0 Å². The third-order valence-electron chi connectivity index (χ3n) is 5.91. The maximum Gasteiger partial charge on any atom is 0.0235 e. The molecule has 3 rings (SSSR count). The van der Waals surface area contributed by atoms with Crippen LogP contribution in [0, 0.1) is 11.8 Å². The number of nitrogens with one attached hydrogen (secondary N) is 1. The van der Waals surface area contributed by atoms with Crippen LogP contribution in [0.25, 0.3) is 0 Å². The Balaban J connectivity index is 1.41. The van der Waals surface area contributed by atoms with Crippen molar-refractivity contribution in [1.29, 1.82) is 0 Å². The number of rotatable bonds is 6. The van der Waals surface area contributed by atoms with E-state index in [4.69, 9.17) is 0 Å². The number of nitrogens with zero attached hydrogens (tertiary/aromatic N) is 2. The molecule has 1 aliphatic carbocycles. The highest BCUT2D eigenvalue weighted by Gasteiger charge is 2.39. The number of likely N-dealkylation sites (tertiary alicyclic amines) is 2. The van der Waals surface area contributed by atoms with Crippen LogP contribution in [0.1, 0.15) is 52.4 Å². The summed E-state index contributed by atoms with van der Waals surface area (Å²) in [4.78, 5) is 5.61. The molecule has 0 amide bonds. The van der Waals surface area contributed by atoms with Gasteiger partial charge in [-0.3, -0.25) is 9.80 Å². The number of hydrogen-bond donors (Lipinski definition) is 1. The molecule has 2 saturated heterocycles. The Morgan fingerprint density at radius 1 is 0.952 bits per heavy atom. The van der Waals surface area contributed by atoms with Gasteiger partial charge in [0, 0.05) is 25.2 Å². The van der Waals surface area contributed by atoms with Crippen molar-refractivity contribution in [2.75, 3.05) is 39.3 Å². The van der Waals surface area contributed by atoms with Crippen LogP contribution in [0.3, 0.4) is 0 Å². The Morgan fingerprint density at radius 2 is 1.76 bits per heavy atom. The number of piperidine rings is 1. The predicted molar refractivity (Wildman–Crippen MR) is 89.6 cm³/mol. The van der Waals surface area contributed by atoms with Gasteiger partial charge in [0.1, 0.15) is 0 Å². The molecule has 2 aliphatic heterocycles. The average Bonchev–Trinajstić information content (AvgIpc) is 2.92. The molecular formula is C18H35N3. The van der Waals surface area contributed by atoms with Gasteiger partial charge in [-0.1, -0.05) is 20.3 Å². The van der Waals surface area contributed by atoms with Crippen LogP contribution in [0.2, 0.25) is 0 Å². The average molecular weight is 293 g/mol. The lowest BCUT2D eigenvalue weighted by molar-refractivity contribution is 0.0705. The van der Waals surface area contributed by atoms with E-state index in [1.165, 1.54) is 77.8 Å². The van der Waals surface area contributed by atoms with Crippen LogP contribution in [0.15, 0.2) is 0 Å². The van der Waals surface area contributed by atoms with E-state index in [0.29, 0.717) is 0 Å². The Hall–Kier alpha value is -0.120. The number of hydrogen-bond acceptors (Lipinski definition) is 3. The fourth-order valence-electron chi connectivity index (χ4n) is 4.48. The van der Waals surface area contributed by atoms with Gasteiger partial charge in [0.25, 0.3) is 0 Å². The summed E-state index contributed by atoms with van der Waals surface area (Å²) in [5.74, 6) is 1.70. The SMILES string of the molecule is CC(C)CNCC1CCC1N1CCC(N2CCCCC2)C1. The van der Waals surface area contributed by atoms with E-state index in [1.807, 2.05) is 0 Å². The van der Waals surface area contributed by atoms with E-state index in [1.54, 1.807) is 0 Å². The van der Waals surface area contributed by atoms with Crippen molar-refractivity contribution >= 4 is 0 Å². The van der Waals surface area contributed by atoms with Gasteiger partial charge >= 0.3 is 0 Å². The fourth-order valence-corrected chi connectivity index (χ4v) is 4.48. The Labute approximate surface area is 131 Å². The molecule has 3 unspecified atom stereocenters. The first-order valence-electron chi connectivity index (χ1n) is 9.43. The maximum absolute atomic E-state index is 3.68. The monoisotopic (exact) mass is 293 g/mol. The molecule has 21 heavy (non-hydrogen) atoms. The van der Waals surface area contributed by atoms with E-state index in [-0.39, 0.29) is 0 Å². The van der Waals surface area contributed by atoms with E-state index in [9.17, 15) is 0 Å². The van der Waals surface area contributed by atoms with E-state index in [0.717, 1.165) is 23.9 Å². The molecule has 3 atom stereocenters. The molecule has 3 heteroatoms. The summed E-state index contributed by atoms with van der Waals surface area (Å²) in [6, 6.07) is 1.76. The van der Waals surface area contributed by atoms with Crippen molar-refractivity contribution in [2.24, 2.45) is 11.8 Å². The summed E-state index contributed by atoms with van der Waals surface area (Å²) >= 11 is 0. The van der Waals surface area contributed by atoms with Gasteiger partial charge in [0.15, 0.2) is 0 Å². The predicted octanol–water partition coefficient (Wildman–Crippen LogP) is 2.57. The summed E-state index contributed by atoms with van der Waals surface area (Å²) < 4.78 is 0. The Bertz CT molecular complexity index is 312. The van der Waals surface area contributed by atoms with Crippen LogP contribution in [0.4, 0.5) is 0 Å². The van der Waals surface area contributed by atoms with Crippen LogP contribution >= 0.6 is 0 Å². The van der Waals surface area contributed by atoms with E-state index < -0.39 is 0 Å². The minimum Gasteiger partial charge on any atom is -0.316 e. The zero-order valence-corrected chi connectivity index (χ0v) is 14.2. The summed E-state index contributed by atoms with van der Waals surface area (Å²) in [6.45, 7) is 12.5. The third-order valence-corrected chi connectivity index (χ3v) is 5.91. The smallest absolute Gasteiger partial charge is 0.0235 e. The molecule has 0 spiro atoms. The summed E-state index contributed by atoms with van der Waals surface area (Å²) in [5.41, 5.74) is 0. The molecule has 0 radical (unpaired) electrons. The topological polar surface area (TPSA) is 18.5 Å². The standard InChI is InChI=1S/C18H35N3/c1-15(2)12-19-13-16-6-7-18(16)21-11-8-17(14-21)20-9-4-3-5-10-20/h15-19H,3-14H2,1-2H3. The highest BCUT2D eigenvalue weighted by molar-refractivity contribution is 4.95. The van der Waals surface area contributed by atoms with Crippen molar-refractivity contribution in [3.05, 3.63) is 0 Å². The van der Waals surface area contributed by atoms with Gasteiger partial charge in [-0.25, -0.2) is 0 Å². The van der Waals surface area contributed by atoms with Gasteiger partial charge in [-0.15, -0.1) is 0 Å². The first kappa shape index (κ1) is 15.8. The van der Waals surface area contributed by atoms with Crippen molar-refractivity contribution in [3.8, 4) is 0 Å². The molecule has 0 bridgehead atoms. The Kier molecular flexibility index (Phi) is 5.58. The molecule has 3 aliphatic rings. The molecule has 3 fully saturated rings. The zero-order valence-electron chi connectivity index (χ0n) is 14.2. The van der Waals surface area contributed by atoms with Crippen LogP contribution in [-0.4, -0.2) is 61.2 Å². The second-order valence-corrected chi connectivity index (χ2v) is 7.99. The van der Waals surface area contributed by atoms with Crippen LogP contribution in [0.5, 0.6) is 0 Å². The molecule has 0 aromatic rings. The minimum absolute atomic E-state index is 0.777. The van der Waals surface area contributed by atoms with Crippen molar-refractivity contribution in [1.82, 2.24) is 15.1 Å². The van der Waals surface area contributed by atoms with E-state index >= 15 is 0 Å². The van der Waals surface area contributed by atoms with Crippen molar-refractivity contribution in [3.63, 3.8) is 0 Å². The largest absolute Gasteiger partial charge is 0.316 e. The second-order valence-electron chi connectivity index (χ2n) is 7.99. The fraction of sp³-hybridized carbons (Fsp3) is 1.00. The normalized spacial score (nSPS) is 35.3. The minimum atomic E-state index is 0.777. The molecule has 3 nitrogen and oxygen atoms in total. The van der Waals surface area contributed by atoms with Crippen molar-refractivity contribution in [2.45, 2.75) is 64.5 Å². The summed E-state index contributed by atoms with van der Waals surface area (Å²) in [5, 5.41) is 3.68. The molecule has 122 valence electrons. The maximum atomic E-state index is 3.68. The van der Waals surface area contributed by atoms with Gasteiger partial charge < -0.3 is 5.32 Å². The molecule has 0 aromatic carbocycles. The molecule has 2 heterocycles. The second kappa shape index (κ2) is 7.43. The van der Waals surface area contributed by atoms with Gasteiger partial charge in [-0.2, -0.15) is 0 Å². The lowest BCUT2D eigenvalue weighted by atomic mass is 9.78. The first-order chi connectivity index (χ1) is 10.2. The zero-order chi connectivity index (χ0) is 14.7. The third kappa shape index (κ3) is 4.00. The van der Waals surface area contributed by atoms with E-state index in [2.05, 4.69) is 29.0 Å². The summed E-state index contributed by atoms with van der Waals surface area (Å²) in [6.07, 6.45) is 8.63. The molecule has 1 saturated carbocycles. The summed E-state index contributed by atoms with van der Waals surface area (Å²) in [7, 11) is 0. The Morgan fingerprint density at radius 3 is 2.43 bits per heavy atom. The lowest BCUT2D eigenvalue weighted by Gasteiger charge is -2.43. The van der Waals surface area contributed by atoms with Crippen LogP contribution < -0.4 is 5.32 Å². The van der Waals surface area contributed by atoms with Gasteiger partial charge in [0.05, 0.1) is 0 Å². The quantitative estimate of drug-likeness (QED) is 0.812. The molecule has 0 aromatic heterocycles. The van der Waals surface area contributed by atoms with Gasteiger partial charge in [0.2, 0.25) is 0 Å². The molecular weight excluding hydrogens is 258 g/mol.